The first-order valence-electron chi connectivity index (χ1n) is 6.34. The minimum absolute atomic E-state index is 0.411. The molecule has 1 aromatic rings. The van der Waals surface area contributed by atoms with Crippen LogP contribution in [0.2, 0.25) is 5.02 Å². The summed E-state index contributed by atoms with van der Waals surface area (Å²) in [6.07, 6.45) is 5.36. The lowest BCUT2D eigenvalue weighted by atomic mass is 9.79. The molecule has 0 aromatic carbocycles. The largest absolute Gasteiger partial charge is 0.356 e. The monoisotopic (exact) mass is 251 g/mol. The van der Waals surface area contributed by atoms with Crippen molar-refractivity contribution in [2.24, 2.45) is 17.6 Å². The van der Waals surface area contributed by atoms with E-state index in [4.69, 9.17) is 17.3 Å². The summed E-state index contributed by atoms with van der Waals surface area (Å²) in [5.74, 6) is 2.63. The lowest BCUT2D eigenvalue weighted by Crippen LogP contribution is -2.32. The number of aromatic nitrogens is 1. The highest BCUT2D eigenvalue weighted by atomic mass is 35.5. The van der Waals surface area contributed by atoms with Gasteiger partial charge in [0, 0.05) is 25.3 Å². The Kier molecular flexibility index (Phi) is 2.97. The van der Waals surface area contributed by atoms with Crippen LogP contribution in [0.3, 0.4) is 0 Å². The Morgan fingerprint density at radius 2 is 2.06 bits per heavy atom. The van der Waals surface area contributed by atoms with Crippen LogP contribution < -0.4 is 10.6 Å². The van der Waals surface area contributed by atoms with Gasteiger partial charge in [0.2, 0.25) is 0 Å². The molecule has 3 atom stereocenters. The fourth-order valence-electron chi connectivity index (χ4n) is 3.21. The first-order valence-corrected chi connectivity index (χ1v) is 6.72. The van der Waals surface area contributed by atoms with Crippen molar-refractivity contribution in [3.8, 4) is 0 Å². The smallest absolute Gasteiger partial charge is 0.128 e. The summed E-state index contributed by atoms with van der Waals surface area (Å²) in [6, 6.07) is 4.34. The van der Waals surface area contributed by atoms with Gasteiger partial charge in [-0.1, -0.05) is 11.6 Å². The zero-order valence-electron chi connectivity index (χ0n) is 9.85. The molecule has 0 spiro atoms. The number of fused-ring (bicyclic) bond motifs is 1. The minimum atomic E-state index is 0.411. The van der Waals surface area contributed by atoms with E-state index in [0.29, 0.717) is 11.1 Å². The van der Waals surface area contributed by atoms with Crippen molar-refractivity contribution in [1.29, 1.82) is 0 Å². The third-order valence-electron chi connectivity index (χ3n) is 4.13. The van der Waals surface area contributed by atoms with Gasteiger partial charge in [0.25, 0.3) is 0 Å². The van der Waals surface area contributed by atoms with Gasteiger partial charge in [0.15, 0.2) is 0 Å². The first-order chi connectivity index (χ1) is 8.22. The number of hydrogen-bond donors (Lipinski definition) is 1. The van der Waals surface area contributed by atoms with Crippen molar-refractivity contribution in [2.75, 3.05) is 18.0 Å². The molecule has 0 radical (unpaired) electrons. The quantitative estimate of drug-likeness (QED) is 0.833. The van der Waals surface area contributed by atoms with Crippen molar-refractivity contribution in [1.82, 2.24) is 4.98 Å². The van der Waals surface area contributed by atoms with Crippen molar-refractivity contribution in [3.05, 3.63) is 23.4 Å². The average Bonchev–Trinajstić information content (AvgIpc) is 2.72. The maximum absolute atomic E-state index is 6.04. The van der Waals surface area contributed by atoms with Crippen LogP contribution in [-0.2, 0) is 0 Å². The summed E-state index contributed by atoms with van der Waals surface area (Å²) in [4.78, 5) is 6.78. The van der Waals surface area contributed by atoms with E-state index in [1.165, 1.54) is 19.3 Å². The van der Waals surface area contributed by atoms with Crippen molar-refractivity contribution in [2.45, 2.75) is 25.3 Å². The zero-order chi connectivity index (χ0) is 11.8. The molecule has 2 fully saturated rings. The van der Waals surface area contributed by atoms with E-state index < -0.39 is 0 Å². The zero-order valence-corrected chi connectivity index (χ0v) is 10.6. The third-order valence-corrected chi connectivity index (χ3v) is 4.35. The van der Waals surface area contributed by atoms with Crippen molar-refractivity contribution in [3.63, 3.8) is 0 Å². The minimum Gasteiger partial charge on any atom is -0.356 e. The maximum Gasteiger partial charge on any atom is 0.128 e. The molecule has 2 N–H and O–H groups in total. The number of anilines is 1. The molecule has 1 aromatic heterocycles. The Bertz CT molecular complexity index is 392. The number of nitrogens with zero attached hydrogens (tertiary/aromatic N) is 2. The number of nitrogens with two attached hydrogens (primary N) is 1. The molecule has 2 aliphatic rings. The maximum atomic E-state index is 6.04. The van der Waals surface area contributed by atoms with Gasteiger partial charge in [-0.15, -0.1) is 0 Å². The van der Waals surface area contributed by atoms with Crippen LogP contribution in [0, 0.1) is 11.8 Å². The second kappa shape index (κ2) is 4.46. The van der Waals surface area contributed by atoms with Gasteiger partial charge in [-0.25, -0.2) is 4.98 Å². The molecular weight excluding hydrogens is 234 g/mol. The van der Waals surface area contributed by atoms with E-state index in [2.05, 4.69) is 9.88 Å². The van der Waals surface area contributed by atoms with Crippen LogP contribution in [0.5, 0.6) is 0 Å². The van der Waals surface area contributed by atoms with Crippen molar-refractivity contribution >= 4 is 17.4 Å². The van der Waals surface area contributed by atoms with Gasteiger partial charge in [-0.05, 0) is 43.2 Å². The molecule has 0 amide bonds. The SMILES string of the molecule is NC1CC[C@H]2CN(c3ccc(Cl)cn3)C[C@H]2C1. The Hall–Kier alpha value is -0.800. The predicted octanol–water partition coefficient (Wildman–Crippen LogP) is 2.30. The standard InChI is InChI=1S/C13H18ClN3/c14-11-2-4-13(16-6-11)17-7-9-1-3-12(15)5-10(9)8-17/h2,4,6,9-10,12H,1,3,5,7-8,15H2/t9-,10+,12?/m0/s1. The number of pyridine rings is 1. The van der Waals surface area contributed by atoms with E-state index in [1.54, 1.807) is 6.20 Å². The van der Waals surface area contributed by atoms with Gasteiger partial charge in [-0.2, -0.15) is 0 Å². The molecule has 0 bridgehead atoms. The van der Waals surface area contributed by atoms with E-state index in [9.17, 15) is 0 Å². The molecule has 3 rings (SSSR count). The van der Waals surface area contributed by atoms with Gasteiger partial charge >= 0.3 is 0 Å². The summed E-state index contributed by atoms with van der Waals surface area (Å²) in [7, 11) is 0. The molecule has 1 saturated carbocycles. The molecule has 1 aliphatic carbocycles. The lowest BCUT2D eigenvalue weighted by molar-refractivity contribution is 0.271. The van der Waals surface area contributed by atoms with Crippen LogP contribution in [0.25, 0.3) is 0 Å². The Labute approximate surface area is 107 Å². The molecule has 1 saturated heterocycles. The summed E-state index contributed by atoms with van der Waals surface area (Å²) >= 11 is 5.86. The highest BCUT2D eigenvalue weighted by Crippen LogP contribution is 2.37. The van der Waals surface area contributed by atoms with Gasteiger partial charge in [0.05, 0.1) is 5.02 Å². The Morgan fingerprint density at radius 3 is 2.82 bits per heavy atom. The Morgan fingerprint density at radius 1 is 1.24 bits per heavy atom. The topological polar surface area (TPSA) is 42.1 Å². The molecule has 1 unspecified atom stereocenters. The van der Waals surface area contributed by atoms with Crippen molar-refractivity contribution < 1.29 is 0 Å². The van der Waals surface area contributed by atoms with Crippen LogP contribution in [0.15, 0.2) is 18.3 Å². The van der Waals surface area contributed by atoms with Crippen LogP contribution in [0.1, 0.15) is 19.3 Å². The molecule has 4 heteroatoms. The molecular formula is C13H18ClN3. The fourth-order valence-corrected chi connectivity index (χ4v) is 3.32. The highest BCUT2D eigenvalue weighted by Gasteiger charge is 2.37. The molecule has 2 heterocycles. The van der Waals surface area contributed by atoms with Crippen LogP contribution in [0.4, 0.5) is 5.82 Å². The summed E-state index contributed by atoms with van der Waals surface area (Å²) < 4.78 is 0. The summed E-state index contributed by atoms with van der Waals surface area (Å²) in [5, 5.41) is 0.701. The second-order valence-corrected chi connectivity index (χ2v) is 5.77. The Balaban J connectivity index is 1.73. The van der Waals surface area contributed by atoms with Gasteiger partial charge in [-0.3, -0.25) is 0 Å². The van der Waals surface area contributed by atoms with E-state index in [0.717, 1.165) is 30.7 Å². The lowest BCUT2D eigenvalue weighted by Gasteiger charge is -2.27. The third kappa shape index (κ3) is 2.26. The summed E-state index contributed by atoms with van der Waals surface area (Å²) in [6.45, 7) is 2.24. The second-order valence-electron chi connectivity index (χ2n) is 5.33. The van der Waals surface area contributed by atoms with Gasteiger partial charge < -0.3 is 10.6 Å². The van der Waals surface area contributed by atoms with E-state index in [-0.39, 0.29) is 0 Å². The van der Waals surface area contributed by atoms with Crippen LogP contribution >= 0.6 is 11.6 Å². The number of halogens is 1. The van der Waals surface area contributed by atoms with Gasteiger partial charge in [0.1, 0.15) is 5.82 Å². The number of hydrogen-bond acceptors (Lipinski definition) is 3. The van der Waals surface area contributed by atoms with Crippen LogP contribution in [-0.4, -0.2) is 24.1 Å². The number of rotatable bonds is 1. The molecule has 3 nitrogen and oxygen atoms in total. The molecule has 1 aliphatic heterocycles. The van der Waals surface area contributed by atoms with E-state index >= 15 is 0 Å². The predicted molar refractivity (Wildman–Crippen MR) is 70.3 cm³/mol. The summed E-state index contributed by atoms with van der Waals surface area (Å²) in [5.41, 5.74) is 6.04. The molecule has 92 valence electrons. The normalized spacial score (nSPS) is 32.6. The highest BCUT2D eigenvalue weighted by molar-refractivity contribution is 6.30. The molecule has 17 heavy (non-hydrogen) atoms. The average molecular weight is 252 g/mol. The first kappa shape index (κ1) is 11.3. The fraction of sp³-hybridized carbons (Fsp3) is 0.615. The van der Waals surface area contributed by atoms with E-state index in [1.807, 2.05) is 12.1 Å².